The molecular formula is C34H67N2+. The normalized spacial score (nSPS) is 11.5. The highest BCUT2D eigenvalue weighted by atomic mass is 15.1. The second kappa shape index (κ2) is 25.8. The summed E-state index contributed by atoms with van der Waals surface area (Å²) < 4.78 is 5.19. The number of rotatable bonds is 28. The van der Waals surface area contributed by atoms with Crippen LogP contribution in [0.15, 0.2) is 12.4 Å². The van der Waals surface area contributed by atoms with Gasteiger partial charge in [0.15, 0.2) is 0 Å². The van der Waals surface area contributed by atoms with E-state index in [-0.39, 0.29) is 0 Å². The molecule has 0 saturated heterocycles. The van der Waals surface area contributed by atoms with Gasteiger partial charge in [0.1, 0.15) is 12.4 Å². The van der Waals surface area contributed by atoms with Crippen LogP contribution in [0.25, 0.3) is 0 Å². The maximum atomic E-state index is 2.61. The van der Waals surface area contributed by atoms with Gasteiger partial charge in [0.25, 0.3) is 5.82 Å². The molecule has 0 aliphatic rings. The number of nitrogens with zero attached hydrogens (tertiary/aromatic N) is 2. The third kappa shape index (κ3) is 18.5. The SMILES string of the molecule is CCCCCCCCCCCCCCc1n(CCCCCCCCCCCC)cc[n+]1CCCCC. The molecule has 1 heterocycles. The first kappa shape index (κ1) is 33.2. The zero-order valence-electron chi connectivity index (χ0n) is 25.3. The van der Waals surface area contributed by atoms with Crippen LogP contribution in [0.5, 0.6) is 0 Å². The van der Waals surface area contributed by atoms with Gasteiger partial charge in [-0.15, -0.1) is 0 Å². The van der Waals surface area contributed by atoms with Crippen molar-refractivity contribution < 1.29 is 4.57 Å². The minimum Gasteiger partial charge on any atom is -0.234 e. The lowest BCUT2D eigenvalue weighted by Gasteiger charge is -2.07. The van der Waals surface area contributed by atoms with E-state index >= 15 is 0 Å². The molecule has 0 radical (unpaired) electrons. The minimum atomic E-state index is 1.21. The van der Waals surface area contributed by atoms with Gasteiger partial charge >= 0.3 is 0 Å². The van der Waals surface area contributed by atoms with Crippen LogP contribution in [0.1, 0.15) is 187 Å². The molecule has 0 atom stereocenters. The average Bonchev–Trinajstić information content (AvgIpc) is 3.27. The van der Waals surface area contributed by atoms with Crippen molar-refractivity contribution in [3.63, 3.8) is 0 Å². The van der Waals surface area contributed by atoms with Crippen LogP contribution in [0.4, 0.5) is 0 Å². The molecule has 1 aromatic heterocycles. The van der Waals surface area contributed by atoms with Crippen LogP contribution in [0.2, 0.25) is 0 Å². The van der Waals surface area contributed by atoms with Gasteiger partial charge in [-0.2, -0.15) is 0 Å². The van der Waals surface area contributed by atoms with Gasteiger partial charge in [0, 0.05) is 6.42 Å². The molecule has 2 heteroatoms. The quantitative estimate of drug-likeness (QED) is 0.0794. The van der Waals surface area contributed by atoms with E-state index in [1.54, 1.807) is 5.82 Å². The lowest BCUT2D eigenvalue weighted by Crippen LogP contribution is -2.37. The van der Waals surface area contributed by atoms with Gasteiger partial charge in [0.2, 0.25) is 0 Å². The summed E-state index contributed by atoms with van der Waals surface area (Å²) in [6, 6.07) is 0. The highest BCUT2D eigenvalue weighted by molar-refractivity contribution is 4.84. The predicted molar refractivity (Wildman–Crippen MR) is 161 cm³/mol. The Bertz CT molecular complexity index is 562. The fraction of sp³-hybridized carbons (Fsp3) is 0.912. The summed E-state index contributed by atoms with van der Waals surface area (Å²) >= 11 is 0. The number of hydrogen-bond donors (Lipinski definition) is 0. The Labute approximate surface area is 228 Å². The molecule has 0 amide bonds. The minimum absolute atomic E-state index is 1.21. The Morgan fingerprint density at radius 1 is 0.472 bits per heavy atom. The van der Waals surface area contributed by atoms with Crippen LogP contribution in [0, 0.1) is 0 Å². The van der Waals surface area contributed by atoms with E-state index in [4.69, 9.17) is 0 Å². The molecular weight excluding hydrogens is 436 g/mol. The summed E-state index contributed by atoms with van der Waals surface area (Å²) in [6.45, 7) is 9.37. The largest absolute Gasteiger partial charge is 0.256 e. The zero-order valence-corrected chi connectivity index (χ0v) is 25.3. The van der Waals surface area contributed by atoms with E-state index in [9.17, 15) is 0 Å². The summed E-state index contributed by atoms with van der Waals surface area (Å²) in [5.41, 5.74) is 0. The Morgan fingerprint density at radius 2 is 0.861 bits per heavy atom. The van der Waals surface area contributed by atoms with E-state index in [1.165, 1.54) is 180 Å². The molecule has 2 nitrogen and oxygen atoms in total. The lowest BCUT2D eigenvalue weighted by atomic mass is 10.0. The maximum absolute atomic E-state index is 2.61. The highest BCUT2D eigenvalue weighted by Crippen LogP contribution is 2.14. The molecule has 0 aliphatic heterocycles. The Balaban J connectivity index is 2.22. The van der Waals surface area contributed by atoms with E-state index in [0.29, 0.717) is 0 Å². The molecule has 1 rings (SSSR count). The fourth-order valence-electron chi connectivity index (χ4n) is 5.62. The summed E-state index contributed by atoms with van der Waals surface area (Å²) in [4.78, 5) is 0. The molecule has 0 N–H and O–H groups in total. The third-order valence-corrected chi connectivity index (χ3v) is 8.10. The van der Waals surface area contributed by atoms with Crippen molar-refractivity contribution in [2.45, 2.75) is 201 Å². The number of hydrogen-bond acceptors (Lipinski definition) is 0. The molecule has 1 aromatic rings. The van der Waals surface area contributed by atoms with Gasteiger partial charge in [-0.1, -0.05) is 149 Å². The number of unbranched alkanes of at least 4 members (excludes halogenated alkanes) is 22. The molecule has 0 spiro atoms. The van der Waals surface area contributed by atoms with Crippen molar-refractivity contribution in [1.29, 1.82) is 0 Å². The van der Waals surface area contributed by atoms with Gasteiger partial charge < -0.3 is 0 Å². The maximum Gasteiger partial charge on any atom is 0.256 e. The van der Waals surface area contributed by atoms with E-state index in [0.717, 1.165) is 0 Å². The average molecular weight is 504 g/mol. The molecule has 0 saturated carbocycles. The Kier molecular flexibility index (Phi) is 23.9. The van der Waals surface area contributed by atoms with Crippen molar-refractivity contribution in [3.05, 3.63) is 18.2 Å². The van der Waals surface area contributed by atoms with Crippen molar-refractivity contribution in [3.8, 4) is 0 Å². The van der Waals surface area contributed by atoms with Crippen LogP contribution in [0.3, 0.4) is 0 Å². The number of imidazole rings is 1. The second-order valence-electron chi connectivity index (χ2n) is 11.6. The second-order valence-corrected chi connectivity index (χ2v) is 11.6. The number of aromatic nitrogens is 2. The lowest BCUT2D eigenvalue weighted by molar-refractivity contribution is -0.704. The number of aryl methyl sites for hydroxylation is 2. The summed E-state index contributed by atoms with van der Waals surface area (Å²) in [6.07, 6.45) is 41.5. The van der Waals surface area contributed by atoms with Gasteiger partial charge in [-0.3, -0.25) is 0 Å². The van der Waals surface area contributed by atoms with Crippen molar-refractivity contribution in [2.75, 3.05) is 0 Å². The summed E-state index contributed by atoms with van der Waals surface area (Å²) in [5, 5.41) is 0. The molecule has 0 bridgehead atoms. The topological polar surface area (TPSA) is 8.81 Å². The highest BCUT2D eigenvalue weighted by Gasteiger charge is 2.16. The van der Waals surface area contributed by atoms with Crippen LogP contribution < -0.4 is 4.57 Å². The molecule has 36 heavy (non-hydrogen) atoms. The standard InChI is InChI=1S/C34H67N2/c1-4-7-10-12-14-16-18-19-20-22-24-26-29-34-35(30-27-9-6-3)32-33-36(34)31-28-25-23-21-17-15-13-11-8-5-2/h32-33H,4-31H2,1-3H3/q+1. The van der Waals surface area contributed by atoms with E-state index in [2.05, 4.69) is 42.3 Å². The van der Waals surface area contributed by atoms with Crippen LogP contribution in [-0.4, -0.2) is 4.57 Å². The van der Waals surface area contributed by atoms with Crippen molar-refractivity contribution in [2.24, 2.45) is 0 Å². The van der Waals surface area contributed by atoms with Crippen LogP contribution >= 0.6 is 0 Å². The summed E-state index contributed by atoms with van der Waals surface area (Å²) in [7, 11) is 0. The predicted octanol–water partition coefficient (Wildman–Crippen LogP) is 11.1. The summed E-state index contributed by atoms with van der Waals surface area (Å²) in [5.74, 6) is 1.61. The fourth-order valence-corrected chi connectivity index (χ4v) is 5.62. The van der Waals surface area contributed by atoms with Crippen molar-refractivity contribution >= 4 is 0 Å². The zero-order chi connectivity index (χ0) is 25.9. The van der Waals surface area contributed by atoms with Crippen molar-refractivity contribution in [1.82, 2.24) is 4.57 Å². The van der Waals surface area contributed by atoms with Gasteiger partial charge in [0.05, 0.1) is 13.1 Å². The smallest absolute Gasteiger partial charge is 0.234 e. The van der Waals surface area contributed by atoms with E-state index < -0.39 is 0 Å². The first-order valence-corrected chi connectivity index (χ1v) is 16.9. The Hall–Kier alpha value is -0.790. The molecule has 0 aromatic carbocycles. The Morgan fingerprint density at radius 3 is 1.33 bits per heavy atom. The van der Waals surface area contributed by atoms with E-state index in [1.807, 2.05) is 0 Å². The third-order valence-electron chi connectivity index (χ3n) is 8.10. The monoisotopic (exact) mass is 504 g/mol. The van der Waals surface area contributed by atoms with Crippen LogP contribution in [-0.2, 0) is 19.5 Å². The van der Waals surface area contributed by atoms with Gasteiger partial charge in [-0.25, -0.2) is 9.13 Å². The molecule has 212 valence electrons. The molecule has 0 fully saturated rings. The van der Waals surface area contributed by atoms with Gasteiger partial charge in [-0.05, 0) is 32.1 Å². The molecule has 0 unspecified atom stereocenters. The molecule has 0 aliphatic carbocycles. The first-order valence-electron chi connectivity index (χ1n) is 16.9. The first-order chi connectivity index (χ1) is 17.8.